The average molecular weight is 314 g/mol. The van der Waals surface area contributed by atoms with Crippen molar-refractivity contribution >= 4 is 15.9 Å². The maximum absolute atomic E-state index is 5.24. The number of benzene rings is 1. The summed E-state index contributed by atoms with van der Waals surface area (Å²) in [7, 11) is 1.69. The summed E-state index contributed by atoms with van der Waals surface area (Å²) in [5, 5.41) is 3.59. The van der Waals surface area contributed by atoms with Crippen LogP contribution in [0, 0.1) is 5.92 Å². The maximum Gasteiger partial charge on any atom is 0.133 e. The molecule has 18 heavy (non-hydrogen) atoms. The topological polar surface area (TPSA) is 21.3 Å². The molecule has 0 aliphatic rings. The van der Waals surface area contributed by atoms with Crippen molar-refractivity contribution in [1.29, 1.82) is 0 Å². The molecule has 2 nitrogen and oxygen atoms in total. The smallest absolute Gasteiger partial charge is 0.133 e. The summed E-state index contributed by atoms with van der Waals surface area (Å²) in [6.07, 6.45) is 2.54. The van der Waals surface area contributed by atoms with Gasteiger partial charge in [-0.2, -0.15) is 0 Å². The molecule has 102 valence electrons. The highest BCUT2D eigenvalue weighted by Gasteiger charge is 2.09. The number of hydrogen-bond donors (Lipinski definition) is 1. The Bertz CT molecular complexity index is 368. The second kappa shape index (κ2) is 7.80. The van der Waals surface area contributed by atoms with Crippen LogP contribution in [-0.4, -0.2) is 13.7 Å². The Morgan fingerprint density at radius 2 is 2.06 bits per heavy atom. The van der Waals surface area contributed by atoms with Crippen molar-refractivity contribution in [3.63, 3.8) is 0 Å². The molecule has 0 spiro atoms. The van der Waals surface area contributed by atoms with Crippen LogP contribution in [0.1, 0.15) is 45.2 Å². The number of methoxy groups -OCH3 is 1. The minimum atomic E-state index is 0.367. The predicted octanol–water partition coefficient (Wildman–Crippen LogP) is 4.54. The molecule has 1 aromatic carbocycles. The van der Waals surface area contributed by atoms with Gasteiger partial charge in [-0.3, -0.25) is 0 Å². The van der Waals surface area contributed by atoms with Gasteiger partial charge in [0.25, 0.3) is 0 Å². The van der Waals surface area contributed by atoms with Gasteiger partial charge in [0.05, 0.1) is 11.6 Å². The van der Waals surface area contributed by atoms with E-state index in [-0.39, 0.29) is 0 Å². The van der Waals surface area contributed by atoms with E-state index in [1.165, 1.54) is 18.4 Å². The Hall–Kier alpha value is -0.540. The summed E-state index contributed by atoms with van der Waals surface area (Å²) >= 11 is 3.53. The molecule has 0 fully saturated rings. The number of nitrogens with one attached hydrogen (secondary N) is 1. The number of rotatable bonds is 7. The molecule has 0 aliphatic heterocycles. The number of ether oxygens (including phenoxy) is 1. The van der Waals surface area contributed by atoms with Crippen LogP contribution >= 0.6 is 15.9 Å². The Labute approximate surface area is 119 Å². The molecule has 0 heterocycles. The van der Waals surface area contributed by atoms with Gasteiger partial charge in [-0.15, -0.1) is 0 Å². The van der Waals surface area contributed by atoms with Crippen LogP contribution in [0.15, 0.2) is 22.7 Å². The minimum Gasteiger partial charge on any atom is -0.496 e. The molecule has 0 aliphatic carbocycles. The molecule has 0 saturated carbocycles. The van der Waals surface area contributed by atoms with Crippen LogP contribution in [0.4, 0.5) is 0 Å². The lowest BCUT2D eigenvalue weighted by molar-refractivity contribution is 0.411. The zero-order valence-corrected chi connectivity index (χ0v) is 13.4. The van der Waals surface area contributed by atoms with Crippen LogP contribution in [0.25, 0.3) is 0 Å². The Kier molecular flexibility index (Phi) is 6.72. The number of hydrogen-bond acceptors (Lipinski definition) is 2. The molecule has 0 bridgehead atoms. The molecule has 2 unspecified atom stereocenters. The zero-order chi connectivity index (χ0) is 13.5. The second-order valence-corrected chi connectivity index (χ2v) is 5.77. The minimum absolute atomic E-state index is 0.367. The van der Waals surface area contributed by atoms with Crippen molar-refractivity contribution < 1.29 is 4.74 Å². The van der Waals surface area contributed by atoms with Crippen LogP contribution in [0.2, 0.25) is 0 Å². The highest BCUT2D eigenvalue weighted by molar-refractivity contribution is 9.10. The van der Waals surface area contributed by atoms with Crippen LogP contribution in [-0.2, 0) is 0 Å². The van der Waals surface area contributed by atoms with E-state index in [1.807, 2.05) is 6.07 Å². The van der Waals surface area contributed by atoms with Crippen molar-refractivity contribution in [3.05, 3.63) is 28.2 Å². The summed E-state index contributed by atoms with van der Waals surface area (Å²) < 4.78 is 6.25. The van der Waals surface area contributed by atoms with Gasteiger partial charge in [0, 0.05) is 6.04 Å². The summed E-state index contributed by atoms with van der Waals surface area (Å²) in [4.78, 5) is 0. The van der Waals surface area contributed by atoms with Crippen LogP contribution in [0.3, 0.4) is 0 Å². The quantitative estimate of drug-likeness (QED) is 0.797. The van der Waals surface area contributed by atoms with Crippen molar-refractivity contribution in [1.82, 2.24) is 5.32 Å². The number of halogens is 1. The lowest BCUT2D eigenvalue weighted by atomic mass is 10.0. The van der Waals surface area contributed by atoms with Gasteiger partial charge < -0.3 is 10.1 Å². The van der Waals surface area contributed by atoms with E-state index >= 15 is 0 Å². The first-order valence-electron chi connectivity index (χ1n) is 6.65. The van der Waals surface area contributed by atoms with Crippen LogP contribution in [0.5, 0.6) is 5.75 Å². The molecule has 2 atom stereocenters. The van der Waals surface area contributed by atoms with Gasteiger partial charge >= 0.3 is 0 Å². The summed E-state index contributed by atoms with van der Waals surface area (Å²) in [6, 6.07) is 6.62. The first-order valence-corrected chi connectivity index (χ1v) is 7.44. The van der Waals surface area contributed by atoms with Gasteiger partial charge in [-0.1, -0.05) is 26.3 Å². The van der Waals surface area contributed by atoms with E-state index in [0.29, 0.717) is 6.04 Å². The fraction of sp³-hybridized carbons (Fsp3) is 0.600. The first-order chi connectivity index (χ1) is 8.58. The molecule has 1 aromatic rings. The normalized spacial score (nSPS) is 14.3. The zero-order valence-electron chi connectivity index (χ0n) is 11.8. The second-order valence-electron chi connectivity index (χ2n) is 4.92. The van der Waals surface area contributed by atoms with Gasteiger partial charge in [0.2, 0.25) is 0 Å². The summed E-state index contributed by atoms with van der Waals surface area (Å²) in [5.41, 5.74) is 1.28. The predicted molar refractivity (Wildman–Crippen MR) is 81.2 cm³/mol. The third-order valence-electron chi connectivity index (χ3n) is 3.23. The third kappa shape index (κ3) is 4.62. The van der Waals surface area contributed by atoms with E-state index in [9.17, 15) is 0 Å². The Morgan fingerprint density at radius 3 is 2.61 bits per heavy atom. The summed E-state index contributed by atoms with van der Waals surface area (Å²) in [5.74, 6) is 1.62. The van der Waals surface area contributed by atoms with Crippen molar-refractivity contribution in [3.8, 4) is 5.75 Å². The van der Waals surface area contributed by atoms with Gasteiger partial charge in [-0.25, -0.2) is 0 Å². The van der Waals surface area contributed by atoms with E-state index in [1.54, 1.807) is 7.11 Å². The molecule has 3 heteroatoms. The van der Waals surface area contributed by atoms with Gasteiger partial charge in [0.1, 0.15) is 5.75 Å². The average Bonchev–Trinajstić information content (AvgIpc) is 2.36. The van der Waals surface area contributed by atoms with E-state index in [4.69, 9.17) is 4.74 Å². The Balaban J connectivity index is 2.56. The fourth-order valence-corrected chi connectivity index (χ4v) is 2.60. The molecule has 1 rings (SSSR count). The van der Waals surface area contributed by atoms with E-state index < -0.39 is 0 Å². The lowest BCUT2D eigenvalue weighted by Crippen LogP contribution is -2.24. The largest absolute Gasteiger partial charge is 0.496 e. The lowest BCUT2D eigenvalue weighted by Gasteiger charge is -2.18. The SMILES string of the molecule is CCCC(C)CNC(C)c1ccc(OC)c(Br)c1. The standard InChI is InChI=1S/C15H24BrNO/c1-5-6-11(2)10-17-12(3)13-7-8-15(18-4)14(16)9-13/h7-9,11-12,17H,5-6,10H2,1-4H3. The molecule has 0 amide bonds. The Morgan fingerprint density at radius 1 is 1.33 bits per heavy atom. The highest BCUT2D eigenvalue weighted by atomic mass is 79.9. The molecule has 0 radical (unpaired) electrons. The third-order valence-corrected chi connectivity index (χ3v) is 3.85. The molecular formula is C15H24BrNO. The van der Waals surface area contributed by atoms with Gasteiger partial charge in [-0.05, 0) is 59.4 Å². The maximum atomic E-state index is 5.24. The first kappa shape index (κ1) is 15.5. The van der Waals surface area contributed by atoms with E-state index in [2.05, 4.69) is 54.2 Å². The van der Waals surface area contributed by atoms with Crippen molar-refractivity contribution in [2.45, 2.75) is 39.7 Å². The van der Waals surface area contributed by atoms with Crippen molar-refractivity contribution in [2.75, 3.05) is 13.7 Å². The fourth-order valence-electron chi connectivity index (χ4n) is 2.04. The molecule has 0 aromatic heterocycles. The highest BCUT2D eigenvalue weighted by Crippen LogP contribution is 2.28. The summed E-state index contributed by atoms with van der Waals surface area (Å²) in [6.45, 7) is 7.80. The van der Waals surface area contributed by atoms with Crippen molar-refractivity contribution in [2.24, 2.45) is 5.92 Å². The van der Waals surface area contributed by atoms with Crippen LogP contribution < -0.4 is 10.1 Å². The molecular weight excluding hydrogens is 290 g/mol. The van der Waals surface area contributed by atoms with E-state index in [0.717, 1.165) is 22.7 Å². The molecule has 1 N–H and O–H groups in total. The van der Waals surface area contributed by atoms with Gasteiger partial charge in [0.15, 0.2) is 0 Å². The monoisotopic (exact) mass is 313 g/mol. The molecule has 0 saturated heterocycles.